The third kappa shape index (κ3) is 2.97. The van der Waals surface area contributed by atoms with E-state index in [0.717, 1.165) is 16.0 Å². The Kier molecular flexibility index (Phi) is 4.79. The van der Waals surface area contributed by atoms with E-state index in [-0.39, 0.29) is 6.54 Å². The lowest BCUT2D eigenvalue weighted by Gasteiger charge is -2.32. The van der Waals surface area contributed by atoms with E-state index in [2.05, 4.69) is 0 Å². The quantitative estimate of drug-likeness (QED) is 0.595. The summed E-state index contributed by atoms with van der Waals surface area (Å²) in [5, 5.41) is 0. The summed E-state index contributed by atoms with van der Waals surface area (Å²) in [7, 11) is -2.68. The first-order chi connectivity index (χ1) is 15.8. The van der Waals surface area contributed by atoms with Crippen molar-refractivity contribution in [3.63, 3.8) is 0 Å². The highest BCUT2D eigenvalue weighted by molar-refractivity contribution is 7.94. The first kappa shape index (κ1) is 21.2. The van der Waals surface area contributed by atoms with Gasteiger partial charge in [-0.15, -0.1) is 0 Å². The van der Waals surface area contributed by atoms with Gasteiger partial charge >= 0.3 is 0 Å². The molecule has 0 aromatic heterocycles. The summed E-state index contributed by atoms with van der Waals surface area (Å²) in [6.45, 7) is 2.02. The molecule has 1 atom stereocenters. The third-order valence-corrected chi connectivity index (χ3v) is 8.29. The largest absolute Gasteiger partial charge is 0.497 e. The first-order valence-electron chi connectivity index (χ1n) is 10.5. The third-order valence-electron chi connectivity index (χ3n) is 6.18. The van der Waals surface area contributed by atoms with Gasteiger partial charge in [0.05, 0.1) is 19.3 Å². The summed E-state index contributed by atoms with van der Waals surface area (Å²) in [6.07, 6.45) is 0. The zero-order chi connectivity index (χ0) is 23.4. The van der Waals surface area contributed by atoms with E-state index < -0.39 is 32.3 Å². The Hall–Kier alpha value is -3.65. The van der Waals surface area contributed by atoms with Crippen molar-refractivity contribution in [2.45, 2.75) is 18.3 Å². The van der Waals surface area contributed by atoms with E-state index in [1.54, 1.807) is 36.4 Å². The number of ether oxygens (including phenoxy) is 1. The molecule has 0 saturated carbocycles. The molecule has 1 spiro atoms. The fraction of sp³-hybridized carbons (Fsp3) is 0.200. The van der Waals surface area contributed by atoms with Gasteiger partial charge in [0.2, 0.25) is 5.91 Å². The molecule has 3 aromatic rings. The van der Waals surface area contributed by atoms with E-state index in [1.807, 2.05) is 43.3 Å². The molecule has 3 aromatic carbocycles. The zero-order valence-electron chi connectivity index (χ0n) is 18.2. The fourth-order valence-electron chi connectivity index (χ4n) is 4.71. The SMILES string of the molecule is COc1ccc(N2C(=O)CS(=O)(=O)[C@]23C(=O)N(Cc2ccccc2)c2ccc(C)cc23)cc1. The van der Waals surface area contributed by atoms with Crippen LogP contribution in [-0.4, -0.2) is 33.1 Å². The minimum Gasteiger partial charge on any atom is -0.497 e. The van der Waals surface area contributed by atoms with Gasteiger partial charge in [-0.3, -0.25) is 14.5 Å². The number of hydrogen-bond acceptors (Lipinski definition) is 5. The predicted octanol–water partition coefficient (Wildman–Crippen LogP) is 3.16. The maximum atomic E-state index is 14.1. The molecule has 168 valence electrons. The van der Waals surface area contributed by atoms with Crippen molar-refractivity contribution >= 4 is 33.0 Å². The molecule has 2 heterocycles. The Morgan fingerprint density at radius 3 is 2.33 bits per heavy atom. The average molecular weight is 463 g/mol. The van der Waals surface area contributed by atoms with Crippen LogP contribution in [0.3, 0.4) is 0 Å². The van der Waals surface area contributed by atoms with E-state index in [9.17, 15) is 18.0 Å². The normalized spacial score (nSPS) is 21.0. The average Bonchev–Trinajstić information content (AvgIpc) is 3.17. The Morgan fingerprint density at radius 2 is 1.67 bits per heavy atom. The number of methoxy groups -OCH3 is 1. The summed E-state index contributed by atoms with van der Waals surface area (Å²) < 4.78 is 32.5. The van der Waals surface area contributed by atoms with Gasteiger partial charge in [0, 0.05) is 11.3 Å². The summed E-state index contributed by atoms with van der Waals surface area (Å²) >= 11 is 0. The minimum absolute atomic E-state index is 0.192. The maximum absolute atomic E-state index is 14.1. The number of hydrogen-bond donors (Lipinski definition) is 0. The molecule has 0 radical (unpaired) electrons. The van der Waals surface area contributed by atoms with E-state index in [1.165, 1.54) is 12.0 Å². The molecule has 0 N–H and O–H groups in total. The van der Waals surface area contributed by atoms with Crippen molar-refractivity contribution in [1.29, 1.82) is 0 Å². The van der Waals surface area contributed by atoms with Crippen LogP contribution in [0.2, 0.25) is 0 Å². The highest BCUT2D eigenvalue weighted by Gasteiger charge is 2.69. The van der Waals surface area contributed by atoms with Gasteiger partial charge in [0.15, 0.2) is 9.84 Å². The van der Waals surface area contributed by atoms with Gasteiger partial charge < -0.3 is 9.64 Å². The van der Waals surface area contributed by atoms with Gasteiger partial charge in [0.1, 0.15) is 11.5 Å². The van der Waals surface area contributed by atoms with Crippen LogP contribution in [-0.2, 0) is 30.8 Å². The Morgan fingerprint density at radius 1 is 0.970 bits per heavy atom. The van der Waals surface area contributed by atoms with Crippen molar-refractivity contribution in [3.8, 4) is 5.75 Å². The van der Waals surface area contributed by atoms with Crippen LogP contribution in [0.4, 0.5) is 11.4 Å². The maximum Gasteiger partial charge on any atom is 0.274 e. The van der Waals surface area contributed by atoms with Crippen LogP contribution >= 0.6 is 0 Å². The van der Waals surface area contributed by atoms with Crippen molar-refractivity contribution in [3.05, 3.63) is 89.5 Å². The van der Waals surface area contributed by atoms with Gasteiger partial charge in [-0.05, 0) is 48.9 Å². The number of sulfone groups is 1. The molecule has 0 aliphatic carbocycles. The summed E-state index contributed by atoms with van der Waals surface area (Å²) in [5.74, 6) is -1.46. The lowest BCUT2D eigenvalue weighted by molar-refractivity contribution is -0.123. The summed E-state index contributed by atoms with van der Waals surface area (Å²) in [6, 6.07) is 21.1. The number of nitrogens with zero attached hydrogens (tertiary/aromatic N) is 2. The summed E-state index contributed by atoms with van der Waals surface area (Å²) in [5.41, 5.74) is 2.78. The Balaban J connectivity index is 1.75. The van der Waals surface area contributed by atoms with E-state index >= 15 is 0 Å². The van der Waals surface area contributed by atoms with Crippen LogP contribution in [0.1, 0.15) is 16.7 Å². The molecule has 2 amide bonds. The second-order valence-electron chi connectivity index (χ2n) is 8.23. The number of aryl methyl sites for hydroxylation is 1. The first-order valence-corrected chi connectivity index (χ1v) is 12.1. The summed E-state index contributed by atoms with van der Waals surface area (Å²) in [4.78, 5) is 27.7. The molecule has 8 heteroatoms. The predicted molar refractivity (Wildman–Crippen MR) is 125 cm³/mol. The molecule has 0 unspecified atom stereocenters. The molecule has 1 saturated heterocycles. The highest BCUT2D eigenvalue weighted by atomic mass is 32.2. The molecule has 2 aliphatic rings. The van der Waals surface area contributed by atoms with Crippen LogP contribution in [0.15, 0.2) is 72.8 Å². The lowest BCUT2D eigenvalue weighted by Crippen LogP contribution is -2.54. The number of anilines is 2. The fourth-order valence-corrected chi connectivity index (χ4v) is 6.73. The van der Waals surface area contributed by atoms with Gasteiger partial charge in [0.25, 0.3) is 10.8 Å². The van der Waals surface area contributed by atoms with Crippen molar-refractivity contribution in [2.75, 3.05) is 22.7 Å². The van der Waals surface area contributed by atoms with Crippen LogP contribution in [0, 0.1) is 6.92 Å². The van der Waals surface area contributed by atoms with Crippen molar-refractivity contribution in [2.24, 2.45) is 0 Å². The molecule has 5 rings (SSSR count). The standard InChI is InChI=1S/C25H22N2O5S/c1-17-8-13-22-21(14-17)25(24(29)26(22)15-18-6-4-3-5-7-18)27(23(28)16-33(25,30)31)19-9-11-20(32-2)12-10-19/h3-14H,15-16H2,1-2H3/t25-/m1/s1. The van der Waals surface area contributed by atoms with Crippen LogP contribution < -0.4 is 14.5 Å². The zero-order valence-corrected chi connectivity index (χ0v) is 19.0. The molecule has 7 nitrogen and oxygen atoms in total. The lowest BCUT2D eigenvalue weighted by atomic mass is 10.0. The highest BCUT2D eigenvalue weighted by Crippen LogP contribution is 2.53. The number of fused-ring (bicyclic) bond motifs is 2. The second-order valence-corrected chi connectivity index (χ2v) is 10.3. The Labute approximate surface area is 192 Å². The Bertz CT molecular complexity index is 1370. The topological polar surface area (TPSA) is 84.0 Å². The number of carbonyl (C=O) groups excluding carboxylic acids is 2. The van der Waals surface area contributed by atoms with E-state index in [0.29, 0.717) is 22.7 Å². The smallest absolute Gasteiger partial charge is 0.274 e. The van der Waals surface area contributed by atoms with Gasteiger partial charge in [-0.25, -0.2) is 8.42 Å². The van der Waals surface area contributed by atoms with Crippen molar-refractivity contribution in [1.82, 2.24) is 0 Å². The molecule has 1 fully saturated rings. The minimum atomic E-state index is -4.20. The molecular formula is C25H22N2O5S. The number of rotatable bonds is 4. The van der Waals surface area contributed by atoms with Crippen LogP contribution in [0.5, 0.6) is 5.75 Å². The van der Waals surface area contributed by atoms with Gasteiger partial charge in [-0.2, -0.15) is 0 Å². The van der Waals surface area contributed by atoms with E-state index in [4.69, 9.17) is 4.74 Å². The second kappa shape index (κ2) is 7.45. The van der Waals surface area contributed by atoms with Gasteiger partial charge in [-0.1, -0.05) is 42.0 Å². The number of carbonyl (C=O) groups is 2. The van der Waals surface area contributed by atoms with Crippen molar-refractivity contribution < 1.29 is 22.7 Å². The molecule has 0 bridgehead atoms. The van der Waals surface area contributed by atoms with Crippen LogP contribution in [0.25, 0.3) is 0 Å². The number of amides is 2. The molecular weight excluding hydrogens is 440 g/mol. The number of benzene rings is 3. The monoisotopic (exact) mass is 462 g/mol. The molecule has 33 heavy (non-hydrogen) atoms. The molecule has 2 aliphatic heterocycles.